The predicted molar refractivity (Wildman–Crippen MR) is 142 cm³/mol. The molecular formula is C29H19Cl2FN2O2. The van der Waals surface area contributed by atoms with Gasteiger partial charge in [0.15, 0.2) is 5.75 Å². The molecule has 178 valence electrons. The molecule has 0 unspecified atom stereocenters. The Morgan fingerprint density at radius 3 is 2.14 bits per heavy atom. The molecule has 0 spiro atoms. The molecule has 1 aliphatic heterocycles. The average Bonchev–Trinajstić information content (AvgIpc) is 3.21. The third-order valence-corrected chi connectivity index (χ3v) is 6.15. The van der Waals surface area contributed by atoms with Crippen molar-refractivity contribution < 1.29 is 13.9 Å². The van der Waals surface area contributed by atoms with E-state index in [9.17, 15) is 9.18 Å². The van der Waals surface area contributed by atoms with Crippen molar-refractivity contribution in [1.29, 1.82) is 0 Å². The number of hydrogen-bond acceptors (Lipinski definition) is 3. The van der Waals surface area contributed by atoms with Crippen molar-refractivity contribution in [2.45, 2.75) is 6.61 Å². The first-order valence-electron chi connectivity index (χ1n) is 11.1. The highest BCUT2D eigenvalue weighted by Gasteiger charge is 2.32. The molecule has 1 aliphatic rings. The van der Waals surface area contributed by atoms with Gasteiger partial charge in [-0.3, -0.25) is 4.79 Å². The Bertz CT molecular complexity index is 1460. The number of hydrazone groups is 1. The van der Waals surface area contributed by atoms with E-state index in [1.165, 1.54) is 11.1 Å². The van der Waals surface area contributed by atoms with Crippen LogP contribution in [0, 0.1) is 5.82 Å². The molecule has 4 aromatic rings. The van der Waals surface area contributed by atoms with E-state index in [0.29, 0.717) is 28.1 Å². The van der Waals surface area contributed by atoms with Gasteiger partial charge in [-0.05, 0) is 42.0 Å². The van der Waals surface area contributed by atoms with Gasteiger partial charge in [0.25, 0.3) is 5.91 Å². The Labute approximate surface area is 217 Å². The van der Waals surface area contributed by atoms with Crippen molar-refractivity contribution in [1.82, 2.24) is 0 Å². The van der Waals surface area contributed by atoms with E-state index in [1.807, 2.05) is 60.7 Å². The number of anilines is 1. The summed E-state index contributed by atoms with van der Waals surface area (Å²) in [6.07, 6.45) is 1.70. The van der Waals surface area contributed by atoms with E-state index >= 15 is 0 Å². The number of carbonyl (C=O) groups is 1. The number of nitrogens with zero attached hydrogens (tertiary/aromatic N) is 2. The zero-order chi connectivity index (χ0) is 25.1. The molecule has 36 heavy (non-hydrogen) atoms. The lowest BCUT2D eigenvalue weighted by molar-refractivity contribution is -0.114. The molecule has 7 heteroatoms. The fourth-order valence-electron chi connectivity index (χ4n) is 3.83. The number of halogens is 3. The van der Waals surface area contributed by atoms with Crippen molar-refractivity contribution in [2.24, 2.45) is 5.10 Å². The minimum atomic E-state index is -0.374. The Hall–Kier alpha value is -3.93. The molecule has 0 fully saturated rings. The van der Waals surface area contributed by atoms with E-state index in [1.54, 1.807) is 36.4 Å². The van der Waals surface area contributed by atoms with Crippen molar-refractivity contribution in [3.05, 3.63) is 135 Å². The number of hydrogen-bond donors (Lipinski definition) is 0. The molecule has 0 atom stereocenters. The van der Waals surface area contributed by atoms with Crippen LogP contribution < -0.4 is 9.75 Å². The summed E-state index contributed by atoms with van der Waals surface area (Å²) in [4.78, 5) is 13.4. The van der Waals surface area contributed by atoms with E-state index in [4.69, 9.17) is 27.9 Å². The standard InChI is InChI=1S/C29H19Cl2FN2O2/c30-24-16-19(17-25(31)28(24)36-18-21-11-7-8-14-26(21)32)15-23-27(20-9-3-1-4-10-20)33-34(29(23)35)22-12-5-2-6-13-22/h1-17H,18H2/b23-15-. The zero-order valence-electron chi connectivity index (χ0n) is 18.9. The molecule has 0 radical (unpaired) electrons. The maximum atomic E-state index is 14.0. The van der Waals surface area contributed by atoms with Crippen LogP contribution in [0.4, 0.5) is 10.1 Å². The van der Waals surface area contributed by atoms with E-state index in [2.05, 4.69) is 5.10 Å². The summed E-state index contributed by atoms with van der Waals surface area (Å²) in [5, 5.41) is 6.49. The van der Waals surface area contributed by atoms with Gasteiger partial charge in [0.1, 0.15) is 18.1 Å². The van der Waals surface area contributed by atoms with Gasteiger partial charge >= 0.3 is 0 Å². The predicted octanol–water partition coefficient (Wildman–Crippen LogP) is 7.55. The lowest BCUT2D eigenvalue weighted by Crippen LogP contribution is -2.21. The molecule has 4 aromatic carbocycles. The van der Waals surface area contributed by atoms with Gasteiger partial charge in [-0.2, -0.15) is 10.1 Å². The molecule has 1 amide bonds. The van der Waals surface area contributed by atoms with Crippen LogP contribution in [0.5, 0.6) is 5.75 Å². The van der Waals surface area contributed by atoms with E-state index in [0.717, 1.165) is 5.56 Å². The molecule has 0 aliphatic carbocycles. The number of rotatable bonds is 6. The number of benzene rings is 4. The third kappa shape index (κ3) is 4.89. The van der Waals surface area contributed by atoms with Gasteiger partial charge in [0, 0.05) is 11.1 Å². The fraction of sp³-hybridized carbons (Fsp3) is 0.0345. The van der Waals surface area contributed by atoms with Crippen LogP contribution in [0.25, 0.3) is 6.08 Å². The van der Waals surface area contributed by atoms with Gasteiger partial charge in [0.05, 0.1) is 21.3 Å². The van der Waals surface area contributed by atoms with Gasteiger partial charge in [-0.15, -0.1) is 0 Å². The first-order chi connectivity index (χ1) is 17.5. The van der Waals surface area contributed by atoms with E-state index in [-0.39, 0.29) is 34.1 Å². The summed E-state index contributed by atoms with van der Waals surface area (Å²) < 4.78 is 19.7. The van der Waals surface area contributed by atoms with Gasteiger partial charge in [-0.25, -0.2) is 4.39 Å². The minimum Gasteiger partial charge on any atom is -0.486 e. The van der Waals surface area contributed by atoms with Crippen LogP contribution in [0.1, 0.15) is 16.7 Å². The van der Waals surface area contributed by atoms with Crippen molar-refractivity contribution in [3.8, 4) is 5.75 Å². The second kappa shape index (κ2) is 10.4. The Kier molecular flexibility index (Phi) is 6.85. The number of amides is 1. The molecule has 0 aromatic heterocycles. The summed E-state index contributed by atoms with van der Waals surface area (Å²) >= 11 is 13.0. The highest BCUT2D eigenvalue weighted by Crippen LogP contribution is 2.36. The maximum absolute atomic E-state index is 14.0. The van der Waals surface area contributed by atoms with Crippen LogP contribution in [0.3, 0.4) is 0 Å². The molecule has 0 N–H and O–H groups in total. The average molecular weight is 517 g/mol. The SMILES string of the molecule is O=C1/C(=C\c2cc(Cl)c(OCc3ccccc3F)c(Cl)c2)C(c2ccccc2)=NN1c1ccccc1. The smallest absolute Gasteiger partial charge is 0.281 e. The third-order valence-electron chi connectivity index (χ3n) is 5.59. The second-order valence-corrected chi connectivity index (χ2v) is 8.83. The minimum absolute atomic E-state index is 0.0259. The summed E-state index contributed by atoms with van der Waals surface area (Å²) in [5.41, 5.74) is 3.39. The summed E-state index contributed by atoms with van der Waals surface area (Å²) in [6, 6.07) is 28.3. The summed E-state index contributed by atoms with van der Waals surface area (Å²) in [6.45, 7) is -0.0259. The Balaban J connectivity index is 1.49. The molecule has 4 nitrogen and oxygen atoms in total. The second-order valence-electron chi connectivity index (χ2n) is 8.02. The van der Waals surface area contributed by atoms with Gasteiger partial charge < -0.3 is 4.74 Å². The van der Waals surface area contributed by atoms with Crippen LogP contribution in [0.2, 0.25) is 10.0 Å². The molecule has 0 saturated carbocycles. The molecule has 0 bridgehead atoms. The quantitative estimate of drug-likeness (QED) is 0.248. The van der Waals surface area contributed by atoms with Crippen molar-refractivity contribution >= 4 is 46.6 Å². The van der Waals surface area contributed by atoms with Crippen LogP contribution in [0.15, 0.2) is 108 Å². The van der Waals surface area contributed by atoms with Gasteiger partial charge in [-0.1, -0.05) is 89.9 Å². The Morgan fingerprint density at radius 1 is 0.861 bits per heavy atom. The zero-order valence-corrected chi connectivity index (χ0v) is 20.4. The number of carbonyl (C=O) groups excluding carboxylic acids is 1. The van der Waals surface area contributed by atoms with Gasteiger partial charge in [0.2, 0.25) is 0 Å². The maximum Gasteiger partial charge on any atom is 0.281 e. The number of para-hydroxylation sites is 1. The largest absolute Gasteiger partial charge is 0.486 e. The van der Waals surface area contributed by atoms with Crippen LogP contribution in [-0.4, -0.2) is 11.6 Å². The number of ether oxygens (including phenoxy) is 1. The highest BCUT2D eigenvalue weighted by molar-refractivity contribution is 6.39. The van der Waals surface area contributed by atoms with Crippen LogP contribution >= 0.6 is 23.2 Å². The first kappa shape index (κ1) is 23.8. The topological polar surface area (TPSA) is 41.9 Å². The lowest BCUT2D eigenvalue weighted by Gasteiger charge is -2.12. The molecule has 5 rings (SSSR count). The normalized spacial score (nSPS) is 14.3. The lowest BCUT2D eigenvalue weighted by atomic mass is 10.00. The monoisotopic (exact) mass is 516 g/mol. The Morgan fingerprint density at radius 2 is 1.47 bits per heavy atom. The molecule has 1 heterocycles. The summed E-state index contributed by atoms with van der Waals surface area (Å²) in [5.74, 6) is -0.405. The highest BCUT2D eigenvalue weighted by atomic mass is 35.5. The van der Waals surface area contributed by atoms with Crippen molar-refractivity contribution in [3.63, 3.8) is 0 Å². The first-order valence-corrected chi connectivity index (χ1v) is 11.9. The summed E-state index contributed by atoms with van der Waals surface area (Å²) in [7, 11) is 0. The van der Waals surface area contributed by atoms with E-state index < -0.39 is 0 Å². The van der Waals surface area contributed by atoms with Crippen LogP contribution in [-0.2, 0) is 11.4 Å². The fourth-order valence-corrected chi connectivity index (χ4v) is 4.44. The molecule has 0 saturated heterocycles. The molecular weight excluding hydrogens is 498 g/mol. The van der Waals surface area contributed by atoms with Crippen molar-refractivity contribution in [2.75, 3.05) is 5.01 Å².